The number of alkyl halides is 6. The van der Waals surface area contributed by atoms with Crippen LogP contribution in [0.5, 0.6) is 0 Å². The highest BCUT2D eigenvalue weighted by molar-refractivity contribution is 4.99. The average Bonchev–Trinajstić information content (AvgIpc) is 2.01. The number of hydrogen-bond acceptors (Lipinski definition) is 0. The molecule has 0 nitrogen and oxygen atoms in total. The highest BCUT2D eigenvalue weighted by Crippen LogP contribution is 2.43. The smallest absolute Gasteiger partial charge is 0.171 e. The first-order valence-electron chi connectivity index (χ1n) is 4.01. The SMILES string of the molecule is FC(F)(F)C1[CH]CC(C(F)(F)F)[CH]C1. The fraction of sp³-hybridized carbons (Fsp3) is 0.750. The molecule has 1 rings (SSSR count). The molecule has 1 aliphatic rings. The molecular formula is C8H8F6. The van der Waals surface area contributed by atoms with Crippen molar-refractivity contribution >= 4 is 0 Å². The van der Waals surface area contributed by atoms with Crippen molar-refractivity contribution < 1.29 is 26.3 Å². The highest BCUT2D eigenvalue weighted by atomic mass is 19.4. The standard InChI is InChI=1S/C8H8F6/c9-7(10,11)5-1-2-6(4-3-5)8(12,13)14/h1,4-6H,2-3H2. The molecule has 0 N–H and O–H groups in total. The molecule has 0 heterocycles. The van der Waals surface area contributed by atoms with Gasteiger partial charge in [0.2, 0.25) is 0 Å². The second kappa shape index (κ2) is 3.62. The lowest BCUT2D eigenvalue weighted by Gasteiger charge is -2.30. The minimum Gasteiger partial charge on any atom is -0.171 e. The van der Waals surface area contributed by atoms with Crippen molar-refractivity contribution in [1.29, 1.82) is 0 Å². The van der Waals surface area contributed by atoms with E-state index < -0.39 is 37.0 Å². The van der Waals surface area contributed by atoms with Crippen molar-refractivity contribution in [3.8, 4) is 0 Å². The Morgan fingerprint density at radius 3 is 1.14 bits per heavy atom. The van der Waals surface area contributed by atoms with E-state index in [0.29, 0.717) is 12.8 Å². The Morgan fingerprint density at radius 1 is 0.714 bits per heavy atom. The summed E-state index contributed by atoms with van der Waals surface area (Å²) in [6.07, 6.45) is -8.59. The van der Waals surface area contributed by atoms with E-state index in [1.807, 2.05) is 0 Å². The molecule has 1 fully saturated rings. The molecule has 0 saturated heterocycles. The summed E-state index contributed by atoms with van der Waals surface area (Å²) in [4.78, 5) is 0. The largest absolute Gasteiger partial charge is 0.392 e. The second-order valence-corrected chi connectivity index (χ2v) is 3.24. The van der Waals surface area contributed by atoms with Gasteiger partial charge in [0.25, 0.3) is 0 Å². The van der Waals surface area contributed by atoms with Gasteiger partial charge in [-0.3, -0.25) is 0 Å². The maximum Gasteiger partial charge on any atom is 0.392 e. The van der Waals surface area contributed by atoms with Crippen LogP contribution < -0.4 is 0 Å². The third kappa shape index (κ3) is 2.78. The lowest BCUT2D eigenvalue weighted by molar-refractivity contribution is -0.189. The average molecular weight is 218 g/mol. The van der Waals surface area contributed by atoms with Crippen LogP contribution in [0.15, 0.2) is 0 Å². The summed E-state index contributed by atoms with van der Waals surface area (Å²) in [7, 11) is 0. The third-order valence-electron chi connectivity index (χ3n) is 2.19. The lowest BCUT2D eigenvalue weighted by atomic mass is 9.81. The number of hydrogen-bond donors (Lipinski definition) is 0. The Hall–Kier alpha value is -0.420. The van der Waals surface area contributed by atoms with E-state index in [-0.39, 0.29) is 0 Å². The molecule has 82 valence electrons. The van der Waals surface area contributed by atoms with Crippen molar-refractivity contribution in [2.24, 2.45) is 11.8 Å². The van der Waals surface area contributed by atoms with Gasteiger partial charge in [-0.25, -0.2) is 0 Å². The van der Waals surface area contributed by atoms with Crippen LogP contribution in [0.3, 0.4) is 0 Å². The van der Waals surface area contributed by atoms with Gasteiger partial charge in [0.15, 0.2) is 0 Å². The van der Waals surface area contributed by atoms with E-state index in [0.717, 1.165) is 0 Å². The van der Waals surface area contributed by atoms with Crippen LogP contribution in [0.4, 0.5) is 26.3 Å². The summed E-state index contributed by atoms with van der Waals surface area (Å²) in [6.45, 7) is 0. The van der Waals surface area contributed by atoms with E-state index in [9.17, 15) is 26.3 Å². The summed E-state index contributed by atoms with van der Waals surface area (Å²) in [5.74, 6) is -3.44. The quantitative estimate of drug-likeness (QED) is 0.545. The van der Waals surface area contributed by atoms with Gasteiger partial charge in [-0.2, -0.15) is 26.3 Å². The minimum atomic E-state index is -4.42. The molecule has 0 spiro atoms. The maximum absolute atomic E-state index is 12.0. The zero-order chi connectivity index (χ0) is 11.0. The van der Waals surface area contributed by atoms with Crippen LogP contribution in [0.1, 0.15) is 12.8 Å². The van der Waals surface area contributed by atoms with Crippen LogP contribution in [-0.2, 0) is 0 Å². The fourth-order valence-electron chi connectivity index (χ4n) is 1.35. The minimum absolute atomic E-state index is 0.576. The van der Waals surface area contributed by atoms with E-state index in [1.54, 1.807) is 0 Å². The fourth-order valence-corrected chi connectivity index (χ4v) is 1.35. The van der Waals surface area contributed by atoms with E-state index >= 15 is 0 Å². The van der Waals surface area contributed by atoms with E-state index in [4.69, 9.17) is 0 Å². The summed E-state index contributed by atoms with van der Waals surface area (Å²) < 4.78 is 72.2. The number of halogens is 6. The first-order chi connectivity index (χ1) is 6.21. The first kappa shape index (κ1) is 11.7. The Morgan fingerprint density at radius 2 is 1.00 bits per heavy atom. The monoisotopic (exact) mass is 218 g/mol. The van der Waals surface area contributed by atoms with Gasteiger partial charge in [-0.15, -0.1) is 0 Å². The first-order valence-corrected chi connectivity index (χ1v) is 4.01. The molecule has 14 heavy (non-hydrogen) atoms. The van der Waals surface area contributed by atoms with Gasteiger partial charge < -0.3 is 0 Å². The maximum atomic E-state index is 12.0. The molecule has 2 atom stereocenters. The van der Waals surface area contributed by atoms with Crippen LogP contribution in [0.2, 0.25) is 0 Å². The molecule has 6 heteroatoms. The zero-order valence-corrected chi connectivity index (χ0v) is 6.99. The van der Waals surface area contributed by atoms with E-state index in [1.165, 1.54) is 0 Å². The topological polar surface area (TPSA) is 0 Å². The Balaban J connectivity index is 2.47. The van der Waals surface area contributed by atoms with Crippen molar-refractivity contribution in [3.05, 3.63) is 12.8 Å². The van der Waals surface area contributed by atoms with Crippen molar-refractivity contribution in [2.45, 2.75) is 25.2 Å². The van der Waals surface area contributed by atoms with Crippen LogP contribution in [0, 0.1) is 24.7 Å². The summed E-state index contributed by atoms with van der Waals surface area (Å²) in [5, 5.41) is 0. The van der Waals surface area contributed by atoms with Gasteiger partial charge in [-0.1, -0.05) is 0 Å². The van der Waals surface area contributed by atoms with Gasteiger partial charge in [0, 0.05) is 0 Å². The molecule has 0 bridgehead atoms. The molecular weight excluding hydrogens is 210 g/mol. The molecule has 0 amide bonds. The van der Waals surface area contributed by atoms with Gasteiger partial charge in [0.05, 0.1) is 11.8 Å². The molecule has 0 aromatic carbocycles. The predicted molar refractivity (Wildman–Crippen MR) is 36.9 cm³/mol. The molecule has 0 aliphatic heterocycles. The van der Waals surface area contributed by atoms with E-state index in [2.05, 4.69) is 0 Å². The van der Waals surface area contributed by atoms with Crippen molar-refractivity contribution in [3.63, 3.8) is 0 Å². The summed E-state index contributed by atoms with van der Waals surface area (Å²) in [6, 6.07) is 0. The van der Waals surface area contributed by atoms with Crippen molar-refractivity contribution in [1.82, 2.24) is 0 Å². The van der Waals surface area contributed by atoms with Crippen LogP contribution >= 0.6 is 0 Å². The molecule has 0 aromatic heterocycles. The van der Waals surface area contributed by atoms with Crippen molar-refractivity contribution in [2.75, 3.05) is 0 Å². The highest BCUT2D eigenvalue weighted by Gasteiger charge is 2.47. The number of rotatable bonds is 0. The van der Waals surface area contributed by atoms with Gasteiger partial charge in [-0.05, 0) is 25.7 Å². The van der Waals surface area contributed by atoms with Crippen LogP contribution in [-0.4, -0.2) is 12.4 Å². The Bertz CT molecular complexity index is 161. The third-order valence-corrected chi connectivity index (χ3v) is 2.19. The second-order valence-electron chi connectivity index (χ2n) is 3.24. The molecule has 2 radical (unpaired) electrons. The van der Waals surface area contributed by atoms with Gasteiger partial charge >= 0.3 is 12.4 Å². The Kier molecular flexibility index (Phi) is 3.02. The lowest BCUT2D eigenvalue weighted by Crippen LogP contribution is -2.34. The zero-order valence-electron chi connectivity index (χ0n) is 6.99. The van der Waals surface area contributed by atoms with Gasteiger partial charge in [0.1, 0.15) is 0 Å². The summed E-state index contributed by atoms with van der Waals surface area (Å²) >= 11 is 0. The molecule has 1 saturated carbocycles. The Labute approximate surface area is 77.3 Å². The molecule has 0 aromatic rings. The predicted octanol–water partition coefficient (Wildman–Crippen LogP) is 3.55. The summed E-state index contributed by atoms with van der Waals surface area (Å²) in [5.41, 5.74) is 0. The normalized spacial score (nSPS) is 30.4. The molecule has 1 aliphatic carbocycles. The van der Waals surface area contributed by atoms with Crippen LogP contribution in [0.25, 0.3) is 0 Å². The molecule has 2 unspecified atom stereocenters.